The molecule has 6 heteroatoms. The molecule has 19 heavy (non-hydrogen) atoms. The highest BCUT2D eigenvalue weighted by Crippen LogP contribution is 2.36. The molecule has 1 fully saturated rings. The lowest BCUT2D eigenvalue weighted by Crippen LogP contribution is -2.46. The number of rotatable bonds is 3. The van der Waals surface area contributed by atoms with Crippen molar-refractivity contribution in [3.63, 3.8) is 0 Å². The number of nitrogens with zero attached hydrogens (tertiary/aromatic N) is 1. The van der Waals surface area contributed by atoms with Gasteiger partial charge in [-0.1, -0.05) is 26.7 Å². The molecule has 0 saturated heterocycles. The Morgan fingerprint density at radius 3 is 2.53 bits per heavy atom. The van der Waals surface area contributed by atoms with Crippen LogP contribution in [0.25, 0.3) is 0 Å². The van der Waals surface area contributed by atoms with E-state index in [0.29, 0.717) is 16.3 Å². The molecule has 0 amide bonds. The lowest BCUT2D eigenvalue weighted by atomic mass is 9.74. The van der Waals surface area contributed by atoms with Crippen LogP contribution in [0, 0.1) is 19.3 Å². The van der Waals surface area contributed by atoms with Crippen molar-refractivity contribution in [3.05, 3.63) is 11.4 Å². The van der Waals surface area contributed by atoms with E-state index in [2.05, 4.69) is 28.8 Å². The molecule has 1 aliphatic rings. The van der Waals surface area contributed by atoms with Crippen LogP contribution < -0.4 is 4.72 Å². The second-order valence-corrected chi connectivity index (χ2v) is 7.82. The minimum Gasteiger partial charge on any atom is -0.281 e. The number of hydrogen-bond acceptors (Lipinski definition) is 3. The molecule has 2 N–H and O–H groups in total. The van der Waals surface area contributed by atoms with Crippen molar-refractivity contribution in [2.45, 2.75) is 64.3 Å². The van der Waals surface area contributed by atoms with Crippen LogP contribution in [-0.2, 0) is 10.0 Å². The number of aromatic nitrogens is 2. The molecule has 2 rings (SSSR count). The Kier molecular flexibility index (Phi) is 3.75. The first-order valence-corrected chi connectivity index (χ1v) is 8.26. The van der Waals surface area contributed by atoms with E-state index < -0.39 is 10.0 Å². The van der Waals surface area contributed by atoms with Crippen LogP contribution in [0.3, 0.4) is 0 Å². The van der Waals surface area contributed by atoms with E-state index >= 15 is 0 Å². The van der Waals surface area contributed by atoms with Crippen LogP contribution in [-0.4, -0.2) is 24.7 Å². The molecule has 1 heterocycles. The Morgan fingerprint density at radius 1 is 1.32 bits per heavy atom. The van der Waals surface area contributed by atoms with Gasteiger partial charge in [-0.15, -0.1) is 0 Å². The third kappa shape index (κ3) is 2.84. The van der Waals surface area contributed by atoms with E-state index in [0.717, 1.165) is 19.3 Å². The van der Waals surface area contributed by atoms with Crippen LogP contribution in [0.4, 0.5) is 0 Å². The summed E-state index contributed by atoms with van der Waals surface area (Å²) in [5.41, 5.74) is 1.13. The molecule has 108 valence electrons. The fourth-order valence-corrected chi connectivity index (χ4v) is 4.71. The number of hydrogen-bond donors (Lipinski definition) is 2. The predicted octanol–water partition coefficient (Wildman–Crippen LogP) is 2.27. The van der Waals surface area contributed by atoms with Gasteiger partial charge in [0.15, 0.2) is 0 Å². The SMILES string of the molecule is Cc1n[nH]c(C)c1S(=O)(=O)NC1CCCCC1(C)C. The highest BCUT2D eigenvalue weighted by Gasteiger charge is 2.36. The van der Waals surface area contributed by atoms with Gasteiger partial charge in [0.1, 0.15) is 4.90 Å². The van der Waals surface area contributed by atoms with Gasteiger partial charge in [0, 0.05) is 6.04 Å². The summed E-state index contributed by atoms with van der Waals surface area (Å²) in [6.45, 7) is 7.72. The average molecular weight is 285 g/mol. The maximum atomic E-state index is 12.5. The average Bonchev–Trinajstić information content (AvgIpc) is 2.62. The van der Waals surface area contributed by atoms with Gasteiger partial charge in [0.05, 0.1) is 11.4 Å². The number of H-pyrrole nitrogens is 1. The van der Waals surface area contributed by atoms with E-state index in [1.807, 2.05) is 0 Å². The largest absolute Gasteiger partial charge is 0.281 e. The van der Waals surface area contributed by atoms with Crippen molar-refractivity contribution in [1.82, 2.24) is 14.9 Å². The van der Waals surface area contributed by atoms with Gasteiger partial charge >= 0.3 is 0 Å². The molecule has 1 unspecified atom stereocenters. The second kappa shape index (κ2) is 4.90. The first-order valence-electron chi connectivity index (χ1n) is 6.78. The van der Waals surface area contributed by atoms with Gasteiger partial charge in [0.2, 0.25) is 10.0 Å². The first kappa shape index (κ1) is 14.5. The van der Waals surface area contributed by atoms with E-state index in [4.69, 9.17) is 0 Å². The van der Waals surface area contributed by atoms with Crippen LogP contribution in [0.2, 0.25) is 0 Å². The van der Waals surface area contributed by atoms with Gasteiger partial charge < -0.3 is 0 Å². The molecule has 1 aromatic heterocycles. The van der Waals surface area contributed by atoms with Crippen molar-refractivity contribution >= 4 is 10.0 Å². The number of aryl methyl sites for hydroxylation is 2. The molecule has 1 aliphatic carbocycles. The monoisotopic (exact) mass is 285 g/mol. The summed E-state index contributed by atoms with van der Waals surface area (Å²) < 4.78 is 27.9. The van der Waals surface area contributed by atoms with Crippen molar-refractivity contribution in [3.8, 4) is 0 Å². The molecule has 0 bridgehead atoms. The summed E-state index contributed by atoms with van der Waals surface area (Å²) in [5.74, 6) is 0. The normalized spacial score (nSPS) is 23.5. The summed E-state index contributed by atoms with van der Waals surface area (Å²) >= 11 is 0. The minimum absolute atomic E-state index is 0.0000463. The summed E-state index contributed by atoms with van der Waals surface area (Å²) in [7, 11) is -3.49. The summed E-state index contributed by atoms with van der Waals surface area (Å²) in [6, 6.07) is -0.0000463. The lowest BCUT2D eigenvalue weighted by Gasteiger charge is -2.38. The maximum Gasteiger partial charge on any atom is 0.244 e. The molecule has 0 spiro atoms. The zero-order valence-electron chi connectivity index (χ0n) is 12.1. The quantitative estimate of drug-likeness (QED) is 0.894. The predicted molar refractivity (Wildman–Crippen MR) is 74.4 cm³/mol. The van der Waals surface area contributed by atoms with Crippen molar-refractivity contribution in [1.29, 1.82) is 0 Å². The molecular formula is C13H23N3O2S. The maximum absolute atomic E-state index is 12.5. The Bertz CT molecular complexity index is 541. The van der Waals surface area contributed by atoms with Crippen molar-refractivity contribution in [2.75, 3.05) is 0 Å². The highest BCUT2D eigenvalue weighted by atomic mass is 32.2. The van der Waals surface area contributed by atoms with E-state index in [1.165, 1.54) is 6.42 Å². The third-order valence-corrected chi connectivity index (χ3v) is 5.87. The molecular weight excluding hydrogens is 262 g/mol. The van der Waals surface area contributed by atoms with Gasteiger partial charge in [0.25, 0.3) is 0 Å². The van der Waals surface area contributed by atoms with Gasteiger partial charge in [-0.2, -0.15) is 5.10 Å². The fourth-order valence-electron chi connectivity index (χ4n) is 2.90. The zero-order chi connectivity index (χ0) is 14.3. The summed E-state index contributed by atoms with van der Waals surface area (Å²) in [6.07, 6.45) is 4.22. The first-order chi connectivity index (χ1) is 8.74. The van der Waals surface area contributed by atoms with Gasteiger partial charge in [-0.25, -0.2) is 13.1 Å². The van der Waals surface area contributed by atoms with Crippen LogP contribution in [0.15, 0.2) is 4.90 Å². The lowest BCUT2D eigenvalue weighted by molar-refractivity contribution is 0.188. The highest BCUT2D eigenvalue weighted by molar-refractivity contribution is 7.89. The number of aromatic amines is 1. The van der Waals surface area contributed by atoms with E-state index in [-0.39, 0.29) is 11.5 Å². The second-order valence-electron chi connectivity index (χ2n) is 6.17. The number of sulfonamides is 1. The molecule has 0 radical (unpaired) electrons. The Hall–Kier alpha value is -0.880. The molecule has 1 atom stereocenters. The van der Waals surface area contributed by atoms with Crippen molar-refractivity contribution in [2.24, 2.45) is 5.41 Å². The molecule has 1 saturated carbocycles. The smallest absolute Gasteiger partial charge is 0.244 e. The molecule has 5 nitrogen and oxygen atoms in total. The molecule has 0 aliphatic heterocycles. The fraction of sp³-hybridized carbons (Fsp3) is 0.769. The molecule has 1 aromatic rings. The van der Waals surface area contributed by atoms with Crippen LogP contribution in [0.1, 0.15) is 50.9 Å². The summed E-state index contributed by atoms with van der Waals surface area (Å²) in [4.78, 5) is 0.300. The van der Waals surface area contributed by atoms with Crippen molar-refractivity contribution < 1.29 is 8.42 Å². The van der Waals surface area contributed by atoms with Crippen LogP contribution in [0.5, 0.6) is 0 Å². The Balaban J connectivity index is 2.27. The van der Waals surface area contributed by atoms with E-state index in [9.17, 15) is 8.42 Å². The standard InChI is InChI=1S/C13H23N3O2S/c1-9-12(10(2)15-14-9)19(17,18)16-11-7-5-6-8-13(11,3)4/h11,16H,5-8H2,1-4H3,(H,14,15). The Morgan fingerprint density at radius 2 is 2.00 bits per heavy atom. The van der Waals surface area contributed by atoms with E-state index in [1.54, 1.807) is 13.8 Å². The van der Waals surface area contributed by atoms with Gasteiger partial charge in [-0.3, -0.25) is 5.10 Å². The summed E-state index contributed by atoms with van der Waals surface area (Å²) in [5, 5.41) is 6.70. The topological polar surface area (TPSA) is 74.8 Å². The Labute approximate surface area is 115 Å². The minimum atomic E-state index is -3.49. The zero-order valence-corrected chi connectivity index (χ0v) is 12.9. The third-order valence-electron chi connectivity index (χ3n) is 4.13. The number of nitrogens with one attached hydrogen (secondary N) is 2. The molecule has 0 aromatic carbocycles. The van der Waals surface area contributed by atoms with Gasteiger partial charge in [-0.05, 0) is 32.1 Å². The van der Waals surface area contributed by atoms with Crippen LogP contribution >= 0.6 is 0 Å².